The van der Waals surface area contributed by atoms with Crippen LogP contribution in [0.1, 0.15) is 37.0 Å². The molecule has 3 nitrogen and oxygen atoms in total. The van der Waals surface area contributed by atoms with Crippen molar-refractivity contribution < 1.29 is 4.74 Å². The smallest absolute Gasteiger partial charge is 0.140 e. The van der Waals surface area contributed by atoms with Gasteiger partial charge in [0.25, 0.3) is 0 Å². The van der Waals surface area contributed by atoms with Crippen molar-refractivity contribution in [2.75, 3.05) is 13.1 Å². The van der Waals surface area contributed by atoms with Crippen molar-refractivity contribution in [3.63, 3.8) is 0 Å². The molecule has 0 aliphatic carbocycles. The van der Waals surface area contributed by atoms with Crippen LogP contribution < -0.4 is 5.32 Å². The summed E-state index contributed by atoms with van der Waals surface area (Å²) in [5.74, 6) is 1.00. The standard InChI is InChI=1S/C15H19BrN2O/c1-2-4-10-9-12-11(5-3-6-13(12)16)14(19-10)15-17-7-8-18-15/h3,5-6,10,14H,2,4,7-9H2,1H3,(H,17,18). The number of amidine groups is 1. The summed E-state index contributed by atoms with van der Waals surface area (Å²) in [7, 11) is 0. The number of hydrogen-bond acceptors (Lipinski definition) is 3. The second kappa shape index (κ2) is 5.63. The van der Waals surface area contributed by atoms with Crippen molar-refractivity contribution in [1.82, 2.24) is 5.32 Å². The van der Waals surface area contributed by atoms with Crippen LogP contribution in [0, 0.1) is 0 Å². The molecular weight excluding hydrogens is 304 g/mol. The molecule has 2 aliphatic rings. The van der Waals surface area contributed by atoms with Crippen molar-refractivity contribution in [1.29, 1.82) is 0 Å². The van der Waals surface area contributed by atoms with E-state index in [1.807, 2.05) is 0 Å². The number of hydrogen-bond donors (Lipinski definition) is 1. The fourth-order valence-electron chi connectivity index (χ4n) is 2.87. The molecular formula is C15H19BrN2O. The number of fused-ring (bicyclic) bond motifs is 1. The Morgan fingerprint density at radius 3 is 3.11 bits per heavy atom. The third-order valence-corrected chi connectivity index (χ3v) is 4.50. The minimum absolute atomic E-state index is 0.0136. The summed E-state index contributed by atoms with van der Waals surface area (Å²) in [6, 6.07) is 6.36. The van der Waals surface area contributed by atoms with E-state index in [0.717, 1.165) is 38.2 Å². The zero-order valence-electron chi connectivity index (χ0n) is 11.2. The Hall–Kier alpha value is -0.870. The summed E-state index contributed by atoms with van der Waals surface area (Å²) in [5, 5.41) is 3.36. The highest BCUT2D eigenvalue weighted by atomic mass is 79.9. The summed E-state index contributed by atoms with van der Waals surface area (Å²) >= 11 is 3.68. The first kappa shape index (κ1) is 13.1. The second-order valence-corrected chi connectivity index (χ2v) is 5.99. The van der Waals surface area contributed by atoms with Crippen LogP contribution in [0.2, 0.25) is 0 Å². The average Bonchev–Trinajstić information content (AvgIpc) is 2.93. The van der Waals surface area contributed by atoms with E-state index in [1.54, 1.807) is 0 Å². The Morgan fingerprint density at radius 2 is 2.37 bits per heavy atom. The summed E-state index contributed by atoms with van der Waals surface area (Å²) in [6.07, 6.45) is 3.53. The largest absolute Gasteiger partial charge is 0.369 e. The molecule has 1 N–H and O–H groups in total. The van der Waals surface area contributed by atoms with E-state index >= 15 is 0 Å². The average molecular weight is 323 g/mol. The van der Waals surface area contributed by atoms with Crippen LogP contribution in [0.25, 0.3) is 0 Å². The first-order chi connectivity index (χ1) is 9.29. The van der Waals surface area contributed by atoms with E-state index in [-0.39, 0.29) is 6.10 Å². The first-order valence-corrected chi connectivity index (χ1v) is 7.80. The van der Waals surface area contributed by atoms with Gasteiger partial charge in [-0.1, -0.05) is 41.4 Å². The van der Waals surface area contributed by atoms with Gasteiger partial charge in [0.2, 0.25) is 0 Å². The third-order valence-electron chi connectivity index (χ3n) is 3.76. The molecule has 1 aromatic rings. The second-order valence-electron chi connectivity index (χ2n) is 5.13. The molecule has 0 radical (unpaired) electrons. The molecule has 102 valence electrons. The lowest BCUT2D eigenvalue weighted by Crippen LogP contribution is -2.35. The lowest BCUT2D eigenvalue weighted by Gasteiger charge is -2.33. The van der Waals surface area contributed by atoms with Gasteiger partial charge in [-0.15, -0.1) is 0 Å². The van der Waals surface area contributed by atoms with E-state index in [4.69, 9.17) is 4.74 Å². The van der Waals surface area contributed by atoms with Crippen LogP contribution in [0.4, 0.5) is 0 Å². The van der Waals surface area contributed by atoms with Gasteiger partial charge in [-0.25, -0.2) is 0 Å². The molecule has 0 spiro atoms. The van der Waals surface area contributed by atoms with Gasteiger partial charge in [0, 0.05) is 17.4 Å². The number of halogens is 1. The fourth-order valence-corrected chi connectivity index (χ4v) is 3.42. The zero-order valence-corrected chi connectivity index (χ0v) is 12.7. The van der Waals surface area contributed by atoms with E-state index in [0.29, 0.717) is 6.10 Å². The molecule has 4 heteroatoms. The topological polar surface area (TPSA) is 33.6 Å². The predicted molar refractivity (Wildman–Crippen MR) is 80.7 cm³/mol. The Kier molecular flexibility index (Phi) is 3.89. The van der Waals surface area contributed by atoms with Gasteiger partial charge in [-0.3, -0.25) is 4.99 Å². The Labute approximate surface area is 122 Å². The van der Waals surface area contributed by atoms with E-state index in [9.17, 15) is 0 Å². The van der Waals surface area contributed by atoms with Gasteiger partial charge < -0.3 is 10.1 Å². The van der Waals surface area contributed by atoms with Crippen molar-refractivity contribution >= 4 is 21.8 Å². The van der Waals surface area contributed by atoms with Crippen LogP contribution in [-0.2, 0) is 11.2 Å². The van der Waals surface area contributed by atoms with Gasteiger partial charge in [0.05, 0.1) is 12.6 Å². The van der Waals surface area contributed by atoms with Crippen LogP contribution in [0.15, 0.2) is 27.7 Å². The minimum Gasteiger partial charge on any atom is -0.369 e. The lowest BCUT2D eigenvalue weighted by molar-refractivity contribution is 0.00386. The van der Waals surface area contributed by atoms with Gasteiger partial charge >= 0.3 is 0 Å². The molecule has 2 atom stereocenters. The molecule has 0 fully saturated rings. The Balaban J connectivity index is 1.97. The molecule has 0 amide bonds. The van der Waals surface area contributed by atoms with Crippen molar-refractivity contribution in [3.8, 4) is 0 Å². The Bertz CT molecular complexity index is 501. The fraction of sp³-hybridized carbons (Fsp3) is 0.533. The summed E-state index contributed by atoms with van der Waals surface area (Å²) in [5.41, 5.74) is 2.64. The number of aliphatic imine (C=N–C) groups is 1. The summed E-state index contributed by atoms with van der Waals surface area (Å²) in [6.45, 7) is 3.99. The number of rotatable bonds is 3. The zero-order chi connectivity index (χ0) is 13.2. The van der Waals surface area contributed by atoms with Crippen LogP contribution >= 0.6 is 15.9 Å². The number of benzene rings is 1. The molecule has 1 aromatic carbocycles. The van der Waals surface area contributed by atoms with Gasteiger partial charge in [-0.05, 0) is 23.6 Å². The van der Waals surface area contributed by atoms with E-state index in [1.165, 1.54) is 15.6 Å². The highest BCUT2D eigenvalue weighted by molar-refractivity contribution is 9.10. The SMILES string of the molecule is CCCC1Cc2c(Br)cccc2C(C2=NCCN2)O1. The molecule has 0 bridgehead atoms. The predicted octanol–water partition coefficient (Wildman–Crippen LogP) is 3.23. The molecule has 3 rings (SSSR count). The Morgan fingerprint density at radius 1 is 1.47 bits per heavy atom. The van der Waals surface area contributed by atoms with Crippen LogP contribution in [0.3, 0.4) is 0 Å². The quantitative estimate of drug-likeness (QED) is 0.926. The molecule has 2 aliphatic heterocycles. The molecule has 19 heavy (non-hydrogen) atoms. The highest BCUT2D eigenvalue weighted by Gasteiger charge is 2.32. The number of nitrogens with one attached hydrogen (secondary N) is 1. The van der Waals surface area contributed by atoms with Crippen LogP contribution in [-0.4, -0.2) is 25.0 Å². The van der Waals surface area contributed by atoms with Gasteiger partial charge in [0.1, 0.15) is 11.9 Å². The monoisotopic (exact) mass is 322 g/mol. The molecule has 0 aromatic heterocycles. The minimum atomic E-state index is -0.0136. The van der Waals surface area contributed by atoms with E-state index in [2.05, 4.69) is 51.4 Å². The highest BCUT2D eigenvalue weighted by Crippen LogP contribution is 2.36. The molecule has 0 saturated carbocycles. The maximum Gasteiger partial charge on any atom is 0.140 e. The number of ether oxygens (including phenoxy) is 1. The third kappa shape index (κ3) is 2.56. The van der Waals surface area contributed by atoms with Crippen molar-refractivity contribution in [2.45, 2.75) is 38.4 Å². The van der Waals surface area contributed by atoms with Crippen molar-refractivity contribution in [3.05, 3.63) is 33.8 Å². The molecule has 2 unspecified atom stereocenters. The summed E-state index contributed by atoms with van der Waals surface area (Å²) < 4.78 is 7.47. The van der Waals surface area contributed by atoms with Gasteiger partial charge in [0.15, 0.2) is 0 Å². The van der Waals surface area contributed by atoms with E-state index < -0.39 is 0 Å². The maximum absolute atomic E-state index is 6.28. The normalized spacial score (nSPS) is 25.7. The maximum atomic E-state index is 6.28. The summed E-state index contributed by atoms with van der Waals surface area (Å²) in [4.78, 5) is 4.55. The van der Waals surface area contributed by atoms with Crippen LogP contribution in [0.5, 0.6) is 0 Å². The lowest BCUT2D eigenvalue weighted by atomic mass is 9.92. The van der Waals surface area contributed by atoms with Gasteiger partial charge in [-0.2, -0.15) is 0 Å². The van der Waals surface area contributed by atoms with Crippen molar-refractivity contribution in [2.24, 2.45) is 4.99 Å². The number of nitrogens with zero attached hydrogens (tertiary/aromatic N) is 1. The molecule has 0 saturated heterocycles. The molecule has 2 heterocycles. The first-order valence-electron chi connectivity index (χ1n) is 7.00.